The average molecular weight is 312 g/mol. The van der Waals surface area contributed by atoms with Gasteiger partial charge in [0.25, 0.3) is 11.8 Å². The summed E-state index contributed by atoms with van der Waals surface area (Å²) in [5.74, 6) is -1.98. The second kappa shape index (κ2) is 5.84. The summed E-state index contributed by atoms with van der Waals surface area (Å²) in [6, 6.07) is 5.21. The second-order valence-electron chi connectivity index (χ2n) is 4.28. The Bertz CT molecular complexity index is 532. The maximum absolute atomic E-state index is 12.0. The van der Waals surface area contributed by atoms with E-state index in [9.17, 15) is 14.4 Å². The first-order chi connectivity index (χ1) is 9.40. The molecule has 0 aliphatic carbocycles. The van der Waals surface area contributed by atoms with Gasteiger partial charge in [0.15, 0.2) is 4.08 Å². The summed E-state index contributed by atoms with van der Waals surface area (Å²) in [4.78, 5) is 43.6. The van der Waals surface area contributed by atoms with E-state index in [1.165, 1.54) is 0 Å². The van der Waals surface area contributed by atoms with Crippen LogP contribution in [0.25, 0.3) is 0 Å². The SMILES string of the molecule is O=C1CCC(=O)N1OC(=O)C(S)(S)Cc1ccccn1. The number of nitrogens with zero attached hydrogens (tertiary/aromatic N) is 2. The zero-order valence-corrected chi connectivity index (χ0v) is 12.1. The van der Waals surface area contributed by atoms with Crippen molar-refractivity contribution >= 4 is 43.0 Å². The first-order valence-electron chi connectivity index (χ1n) is 5.83. The molecular formula is C12H12N2O4S2. The van der Waals surface area contributed by atoms with E-state index in [1.807, 2.05) is 0 Å². The summed E-state index contributed by atoms with van der Waals surface area (Å²) >= 11 is 8.25. The lowest BCUT2D eigenvalue weighted by Gasteiger charge is -2.22. The van der Waals surface area contributed by atoms with Gasteiger partial charge in [-0.1, -0.05) is 6.07 Å². The highest BCUT2D eigenvalue weighted by atomic mass is 32.2. The van der Waals surface area contributed by atoms with Crippen molar-refractivity contribution in [3.63, 3.8) is 0 Å². The van der Waals surface area contributed by atoms with E-state index >= 15 is 0 Å². The summed E-state index contributed by atoms with van der Waals surface area (Å²) in [7, 11) is 0. The third-order valence-corrected chi connectivity index (χ3v) is 3.34. The molecule has 1 aliphatic rings. The van der Waals surface area contributed by atoms with Gasteiger partial charge in [0.2, 0.25) is 0 Å². The molecule has 1 saturated heterocycles. The zero-order chi connectivity index (χ0) is 14.8. The molecule has 2 rings (SSSR count). The summed E-state index contributed by atoms with van der Waals surface area (Å²) in [6.07, 6.45) is 1.75. The van der Waals surface area contributed by atoms with Gasteiger partial charge >= 0.3 is 5.97 Å². The van der Waals surface area contributed by atoms with Crippen molar-refractivity contribution in [3.8, 4) is 0 Å². The first-order valence-corrected chi connectivity index (χ1v) is 6.72. The van der Waals surface area contributed by atoms with Crippen LogP contribution in [0.3, 0.4) is 0 Å². The molecule has 0 aromatic carbocycles. The van der Waals surface area contributed by atoms with Crippen molar-refractivity contribution in [1.29, 1.82) is 0 Å². The Morgan fingerprint density at radius 1 is 1.30 bits per heavy atom. The maximum Gasteiger partial charge on any atom is 0.358 e. The highest BCUT2D eigenvalue weighted by Crippen LogP contribution is 2.27. The van der Waals surface area contributed by atoms with Gasteiger partial charge in [0.1, 0.15) is 0 Å². The van der Waals surface area contributed by atoms with E-state index in [0.29, 0.717) is 10.8 Å². The molecule has 1 aliphatic heterocycles. The lowest BCUT2D eigenvalue weighted by molar-refractivity contribution is -0.197. The van der Waals surface area contributed by atoms with Crippen LogP contribution in [0, 0.1) is 0 Å². The zero-order valence-electron chi connectivity index (χ0n) is 10.4. The number of hydroxylamine groups is 2. The Balaban J connectivity index is 2.04. The topological polar surface area (TPSA) is 76.6 Å². The smallest absolute Gasteiger partial charge is 0.328 e. The largest absolute Gasteiger partial charge is 0.358 e. The Hall–Kier alpha value is -1.54. The molecular weight excluding hydrogens is 300 g/mol. The molecule has 0 bridgehead atoms. The van der Waals surface area contributed by atoms with Gasteiger partial charge in [0, 0.05) is 31.2 Å². The number of carbonyl (C=O) groups excluding carboxylic acids is 3. The van der Waals surface area contributed by atoms with Crippen molar-refractivity contribution in [2.45, 2.75) is 23.3 Å². The Labute approximate surface area is 126 Å². The van der Waals surface area contributed by atoms with Crippen LogP contribution in [-0.2, 0) is 25.6 Å². The average Bonchev–Trinajstić information content (AvgIpc) is 2.71. The fourth-order valence-corrected chi connectivity index (χ4v) is 2.05. The highest BCUT2D eigenvalue weighted by molar-refractivity contribution is 8.01. The summed E-state index contributed by atoms with van der Waals surface area (Å²) in [6.45, 7) is 0. The number of hydrogen-bond donors (Lipinski definition) is 2. The number of carbonyl (C=O) groups is 3. The van der Waals surface area contributed by atoms with Gasteiger partial charge in [-0.2, -0.15) is 0 Å². The third-order valence-electron chi connectivity index (χ3n) is 2.66. The van der Waals surface area contributed by atoms with Gasteiger partial charge < -0.3 is 4.84 Å². The molecule has 0 radical (unpaired) electrons. The molecule has 1 aromatic rings. The number of rotatable bonds is 4. The van der Waals surface area contributed by atoms with Crippen LogP contribution < -0.4 is 0 Å². The lowest BCUT2D eigenvalue weighted by atomic mass is 10.2. The highest BCUT2D eigenvalue weighted by Gasteiger charge is 2.39. The van der Waals surface area contributed by atoms with Gasteiger partial charge in [-0.3, -0.25) is 14.6 Å². The number of amides is 2. The number of pyridine rings is 1. The van der Waals surface area contributed by atoms with Gasteiger partial charge in [-0.15, -0.1) is 30.3 Å². The molecule has 20 heavy (non-hydrogen) atoms. The van der Waals surface area contributed by atoms with Crippen molar-refractivity contribution in [1.82, 2.24) is 10.0 Å². The molecule has 0 N–H and O–H groups in total. The van der Waals surface area contributed by atoms with Crippen LogP contribution in [-0.4, -0.2) is 31.9 Å². The molecule has 0 unspecified atom stereocenters. The Kier molecular flexibility index (Phi) is 4.34. The van der Waals surface area contributed by atoms with Crippen molar-refractivity contribution in [3.05, 3.63) is 30.1 Å². The number of imide groups is 1. The lowest BCUT2D eigenvalue weighted by Crippen LogP contribution is -2.40. The summed E-state index contributed by atoms with van der Waals surface area (Å²) < 4.78 is -1.49. The standard InChI is InChI=1S/C12H12N2O4S2/c15-9-4-5-10(16)14(9)18-11(17)12(19,20)7-8-3-1-2-6-13-8/h1-3,6,19-20H,4-5,7H2. The predicted octanol–water partition coefficient (Wildman–Crippen LogP) is 0.787. The molecule has 6 nitrogen and oxygen atoms in total. The van der Waals surface area contributed by atoms with E-state index in [-0.39, 0.29) is 19.3 Å². The Morgan fingerprint density at radius 3 is 2.50 bits per heavy atom. The molecule has 1 fully saturated rings. The monoisotopic (exact) mass is 312 g/mol. The van der Waals surface area contributed by atoms with Crippen LogP contribution >= 0.6 is 25.3 Å². The first kappa shape index (κ1) is 14.9. The molecule has 0 atom stereocenters. The molecule has 1 aromatic heterocycles. The van der Waals surface area contributed by atoms with Crippen molar-refractivity contribution < 1.29 is 19.2 Å². The maximum atomic E-state index is 12.0. The van der Waals surface area contributed by atoms with E-state index in [2.05, 4.69) is 30.2 Å². The normalized spacial score (nSPS) is 15.6. The molecule has 0 spiro atoms. The van der Waals surface area contributed by atoms with E-state index in [1.54, 1.807) is 24.4 Å². The van der Waals surface area contributed by atoms with Crippen LogP contribution in [0.1, 0.15) is 18.5 Å². The van der Waals surface area contributed by atoms with E-state index in [4.69, 9.17) is 4.84 Å². The number of hydrogen-bond acceptors (Lipinski definition) is 7. The minimum Gasteiger partial charge on any atom is -0.328 e. The molecule has 106 valence electrons. The van der Waals surface area contributed by atoms with Crippen LogP contribution in [0.5, 0.6) is 0 Å². The van der Waals surface area contributed by atoms with Crippen molar-refractivity contribution in [2.24, 2.45) is 0 Å². The molecule has 8 heteroatoms. The second-order valence-corrected chi connectivity index (χ2v) is 6.15. The fourth-order valence-electron chi connectivity index (χ4n) is 1.64. The molecule has 2 amide bonds. The third kappa shape index (κ3) is 3.31. The van der Waals surface area contributed by atoms with E-state index in [0.717, 1.165) is 0 Å². The molecule has 2 heterocycles. The summed E-state index contributed by atoms with van der Waals surface area (Å²) in [5, 5.41) is 0.474. The van der Waals surface area contributed by atoms with Crippen LogP contribution in [0.15, 0.2) is 24.4 Å². The van der Waals surface area contributed by atoms with Gasteiger partial charge in [0.05, 0.1) is 0 Å². The van der Waals surface area contributed by atoms with Crippen LogP contribution in [0.2, 0.25) is 0 Å². The van der Waals surface area contributed by atoms with Gasteiger partial charge in [-0.25, -0.2) is 4.79 Å². The predicted molar refractivity (Wildman–Crippen MR) is 75.8 cm³/mol. The Morgan fingerprint density at radius 2 is 1.95 bits per heavy atom. The van der Waals surface area contributed by atoms with Crippen molar-refractivity contribution in [2.75, 3.05) is 0 Å². The van der Waals surface area contributed by atoms with Crippen LogP contribution in [0.4, 0.5) is 0 Å². The summed E-state index contributed by atoms with van der Waals surface area (Å²) in [5.41, 5.74) is 0.591. The fraction of sp³-hybridized carbons (Fsp3) is 0.333. The minimum absolute atomic E-state index is 0.0402. The number of aromatic nitrogens is 1. The van der Waals surface area contributed by atoms with E-state index < -0.39 is 21.9 Å². The minimum atomic E-state index is -1.49. The quantitative estimate of drug-likeness (QED) is 0.488. The number of thiol groups is 2. The molecule has 0 saturated carbocycles. The van der Waals surface area contributed by atoms with Gasteiger partial charge in [-0.05, 0) is 12.1 Å².